The first kappa shape index (κ1) is 50.6. The van der Waals surface area contributed by atoms with Gasteiger partial charge in [-0.25, -0.2) is 9.36 Å². The second kappa shape index (κ2) is 22.0. The fourth-order valence-electron chi connectivity index (χ4n) is 8.17. The first-order chi connectivity index (χ1) is 32.8. The number of fused-ring (bicyclic) bond motifs is 2. The highest BCUT2D eigenvalue weighted by Crippen LogP contribution is 2.41. The summed E-state index contributed by atoms with van der Waals surface area (Å²) >= 11 is 0. The predicted molar refractivity (Wildman–Crippen MR) is 245 cm³/mol. The second-order valence-electron chi connectivity index (χ2n) is 17.7. The molecule has 2 aliphatic heterocycles. The lowest BCUT2D eigenvalue weighted by molar-refractivity contribution is -0.155. The first-order valence-corrected chi connectivity index (χ1v) is 22.8. The molecule has 0 aliphatic carbocycles. The molecular formula is C52H52F8N4O5. The topological polar surface area (TPSA) is 89.6 Å². The average molecular weight is 965 g/mol. The smallest absolute Gasteiger partial charge is 0.399 e. The molecule has 2 aliphatic rings. The molecule has 4 heterocycles. The van der Waals surface area contributed by atoms with E-state index in [0.717, 1.165) is 32.1 Å². The number of halogens is 8. The van der Waals surface area contributed by atoms with Crippen LogP contribution in [0, 0.1) is 23.7 Å². The maximum atomic E-state index is 15.3. The van der Waals surface area contributed by atoms with Crippen LogP contribution in [0.4, 0.5) is 35.1 Å². The number of rotatable bonds is 11. The number of nitrogens with zero attached hydrogens (tertiary/aromatic N) is 4. The van der Waals surface area contributed by atoms with Crippen LogP contribution in [0.1, 0.15) is 120 Å². The molecule has 0 bridgehead atoms. The first-order valence-electron chi connectivity index (χ1n) is 22.8. The number of carbonyl (C=O) groups is 1. The summed E-state index contributed by atoms with van der Waals surface area (Å²) in [5, 5.41) is 8.42. The molecule has 0 N–H and O–H groups in total. The molecule has 366 valence electrons. The van der Waals surface area contributed by atoms with E-state index in [0.29, 0.717) is 70.7 Å². The summed E-state index contributed by atoms with van der Waals surface area (Å²) < 4.78 is 134. The highest BCUT2D eigenvalue weighted by Gasteiger charge is 2.32. The van der Waals surface area contributed by atoms with Crippen LogP contribution in [0.5, 0.6) is 5.75 Å². The van der Waals surface area contributed by atoms with Gasteiger partial charge in [-0.3, -0.25) is 4.79 Å². The molecule has 6 aromatic rings. The van der Waals surface area contributed by atoms with Crippen LogP contribution in [-0.2, 0) is 19.0 Å². The maximum Gasteiger partial charge on any atom is 0.399 e. The number of aromatic nitrogens is 4. The standard InChI is InChI=1S/C36H38F4N2O4.C16H14F4N2O/c1-35(2,3)46-32(43)13-9-21-44-27-17-14-25(15-18-27)33(29(23-36(38,39)40)24-10-5-4-6-11-24)26-16-19-30-28(22-26)34(37)41-42(30)31-12-7-8-20-45-31;17-15-12-10-11(4-3-8-16(18,19)20)6-7-13(12)22(21-15)14-5-1-2-9-23-14/h4-6,10-11,14-19,22,31H,7-9,12-13,20-21,23H2,1-3H3;6-7,10,14H,1-2,5,8-9H2/b33-29+;. The molecule has 0 saturated carbocycles. The molecule has 2 aromatic heterocycles. The Kier molecular flexibility index (Phi) is 16.1. The van der Waals surface area contributed by atoms with Gasteiger partial charge in [-0.05, 0) is 136 Å². The normalized spacial score (nSPS) is 17.1. The van der Waals surface area contributed by atoms with Crippen LogP contribution < -0.4 is 4.74 Å². The van der Waals surface area contributed by atoms with E-state index in [4.69, 9.17) is 18.9 Å². The van der Waals surface area contributed by atoms with E-state index < -0.39 is 48.9 Å². The van der Waals surface area contributed by atoms with E-state index in [1.54, 1.807) is 106 Å². The number of hydrogen-bond donors (Lipinski definition) is 0. The predicted octanol–water partition coefficient (Wildman–Crippen LogP) is 13.5. The summed E-state index contributed by atoms with van der Waals surface area (Å²) in [5.74, 6) is 3.25. The molecule has 0 radical (unpaired) electrons. The Morgan fingerprint density at radius 2 is 1.29 bits per heavy atom. The van der Waals surface area contributed by atoms with Gasteiger partial charge in [0.1, 0.15) is 17.8 Å². The largest absolute Gasteiger partial charge is 0.494 e. The van der Waals surface area contributed by atoms with Gasteiger partial charge < -0.3 is 18.9 Å². The van der Waals surface area contributed by atoms with Crippen LogP contribution in [-0.4, -0.2) is 63.3 Å². The van der Waals surface area contributed by atoms with E-state index in [2.05, 4.69) is 16.1 Å². The molecule has 17 heteroatoms. The van der Waals surface area contributed by atoms with E-state index >= 15 is 4.39 Å². The van der Waals surface area contributed by atoms with Gasteiger partial charge in [-0.2, -0.15) is 35.1 Å². The van der Waals surface area contributed by atoms with Crippen LogP contribution >= 0.6 is 0 Å². The number of allylic oxidation sites excluding steroid dienone is 1. The molecule has 2 atom stereocenters. The molecule has 8 rings (SSSR count). The molecule has 0 amide bonds. The van der Waals surface area contributed by atoms with Crippen molar-refractivity contribution < 1.29 is 58.9 Å². The van der Waals surface area contributed by atoms with Crippen molar-refractivity contribution in [3.63, 3.8) is 0 Å². The van der Waals surface area contributed by atoms with Gasteiger partial charge in [0.05, 0.1) is 34.8 Å². The Morgan fingerprint density at radius 3 is 1.84 bits per heavy atom. The summed E-state index contributed by atoms with van der Waals surface area (Å²) in [6, 6.07) is 24.7. The van der Waals surface area contributed by atoms with Crippen molar-refractivity contribution in [2.75, 3.05) is 19.8 Å². The van der Waals surface area contributed by atoms with Gasteiger partial charge in [0, 0.05) is 25.2 Å². The minimum atomic E-state index is -4.51. The van der Waals surface area contributed by atoms with Crippen molar-refractivity contribution in [1.29, 1.82) is 0 Å². The number of carbonyl (C=O) groups excluding carboxylic acids is 1. The Balaban J connectivity index is 0.000000255. The van der Waals surface area contributed by atoms with Gasteiger partial charge >= 0.3 is 18.3 Å². The van der Waals surface area contributed by atoms with Crippen LogP contribution in [0.2, 0.25) is 0 Å². The number of benzene rings is 4. The third-order valence-corrected chi connectivity index (χ3v) is 11.1. The molecule has 0 spiro atoms. The van der Waals surface area contributed by atoms with Gasteiger partial charge in [0.25, 0.3) is 0 Å². The lowest BCUT2D eigenvalue weighted by Crippen LogP contribution is -2.23. The summed E-state index contributed by atoms with van der Waals surface area (Å²) in [4.78, 5) is 12.0. The maximum absolute atomic E-state index is 15.3. The highest BCUT2D eigenvalue weighted by molar-refractivity contribution is 6.00. The lowest BCUT2D eigenvalue weighted by Gasteiger charge is -2.23. The van der Waals surface area contributed by atoms with Crippen LogP contribution in [0.15, 0.2) is 91.0 Å². The average Bonchev–Trinajstić information content (AvgIpc) is 3.82. The second-order valence-corrected chi connectivity index (χ2v) is 17.7. The SMILES string of the molecule is CC(C)(C)OC(=O)CCCOc1ccc(/C(=C(/CC(F)(F)F)c2ccccc2)c2ccc3c(c2)c(F)nn3C2CCCCO2)cc1.Fc1nn(C2CCCCO2)c2ccc(C#CCC(F)(F)F)cc12. The number of ether oxygens (including phenoxy) is 4. The van der Waals surface area contributed by atoms with Gasteiger partial charge in [0.2, 0.25) is 11.9 Å². The Morgan fingerprint density at radius 1 is 0.710 bits per heavy atom. The van der Waals surface area contributed by atoms with Crippen LogP contribution in [0.25, 0.3) is 33.0 Å². The van der Waals surface area contributed by atoms with Crippen molar-refractivity contribution in [3.8, 4) is 17.6 Å². The van der Waals surface area contributed by atoms with Gasteiger partial charge in [0.15, 0.2) is 12.5 Å². The van der Waals surface area contributed by atoms with E-state index in [1.165, 1.54) is 15.4 Å². The van der Waals surface area contributed by atoms with E-state index in [1.807, 2.05) is 5.92 Å². The fourth-order valence-corrected chi connectivity index (χ4v) is 8.17. The van der Waals surface area contributed by atoms with Crippen molar-refractivity contribution in [1.82, 2.24) is 19.6 Å². The molecular weight excluding hydrogens is 913 g/mol. The summed E-state index contributed by atoms with van der Waals surface area (Å²) in [6.45, 7) is 6.83. The van der Waals surface area contributed by atoms with Crippen molar-refractivity contribution in [2.24, 2.45) is 0 Å². The van der Waals surface area contributed by atoms with E-state index in [9.17, 15) is 35.5 Å². The Labute approximate surface area is 394 Å². The summed E-state index contributed by atoms with van der Waals surface area (Å²) in [7, 11) is 0. The quantitative estimate of drug-likeness (QED) is 0.0420. The molecule has 4 aromatic carbocycles. The lowest BCUT2D eigenvalue weighted by atomic mass is 9.87. The molecule has 9 nitrogen and oxygen atoms in total. The molecule has 69 heavy (non-hydrogen) atoms. The van der Waals surface area contributed by atoms with Gasteiger partial charge in [-0.15, -0.1) is 10.2 Å². The summed E-state index contributed by atoms with van der Waals surface area (Å²) in [6.07, 6.45) is -6.03. The zero-order valence-electron chi connectivity index (χ0n) is 38.4. The monoisotopic (exact) mass is 964 g/mol. The van der Waals surface area contributed by atoms with Crippen LogP contribution in [0.3, 0.4) is 0 Å². The number of esters is 1. The third kappa shape index (κ3) is 13.9. The Hall–Kier alpha value is -6.25. The zero-order chi connectivity index (χ0) is 49.3. The Bertz CT molecular complexity index is 2790. The fraction of sp³-hybridized carbons (Fsp3) is 0.404. The number of alkyl halides is 6. The molecule has 2 saturated heterocycles. The minimum absolute atomic E-state index is 0.0573. The minimum Gasteiger partial charge on any atom is -0.494 e. The molecule has 2 unspecified atom stereocenters. The van der Waals surface area contributed by atoms with Gasteiger partial charge in [-0.1, -0.05) is 60.4 Å². The van der Waals surface area contributed by atoms with Crippen molar-refractivity contribution in [3.05, 3.63) is 125 Å². The summed E-state index contributed by atoms with van der Waals surface area (Å²) in [5.41, 5.74) is 2.54. The van der Waals surface area contributed by atoms with Crippen molar-refractivity contribution in [2.45, 2.75) is 115 Å². The number of hydrogen-bond acceptors (Lipinski definition) is 7. The van der Waals surface area contributed by atoms with E-state index in [-0.39, 0.29) is 41.6 Å². The van der Waals surface area contributed by atoms with Crippen molar-refractivity contribution >= 4 is 38.9 Å². The molecule has 2 fully saturated rings. The third-order valence-electron chi connectivity index (χ3n) is 11.1. The zero-order valence-corrected chi connectivity index (χ0v) is 38.4. The highest BCUT2D eigenvalue weighted by atomic mass is 19.4.